The first kappa shape index (κ1) is 16.8. The number of benzene rings is 2. The lowest BCUT2D eigenvalue weighted by Gasteiger charge is -2.38. The number of rotatable bonds is 5. The van der Waals surface area contributed by atoms with Crippen molar-refractivity contribution < 1.29 is 13.9 Å². The second kappa shape index (κ2) is 6.81. The number of fused-ring (bicyclic) bond motifs is 1. The summed E-state index contributed by atoms with van der Waals surface area (Å²) in [7, 11) is 1.90. The van der Waals surface area contributed by atoms with Gasteiger partial charge in [0.05, 0.1) is 0 Å². The minimum atomic E-state index is -0.282. The van der Waals surface area contributed by atoms with E-state index in [0.29, 0.717) is 6.61 Å². The molecule has 1 N–H and O–H groups in total. The van der Waals surface area contributed by atoms with Crippen LogP contribution in [0.2, 0.25) is 0 Å². The van der Waals surface area contributed by atoms with Gasteiger partial charge in [-0.3, -0.25) is 0 Å². The molecule has 1 unspecified atom stereocenters. The molecule has 3 rings (SSSR count). The van der Waals surface area contributed by atoms with Crippen LogP contribution in [0.25, 0.3) is 0 Å². The van der Waals surface area contributed by atoms with Crippen LogP contribution in [-0.2, 0) is 0 Å². The predicted octanol–water partition coefficient (Wildman–Crippen LogP) is 4.12. The van der Waals surface area contributed by atoms with Crippen molar-refractivity contribution in [1.82, 2.24) is 5.32 Å². The molecule has 0 radical (unpaired) electrons. The number of likely N-dealkylation sites (N-methyl/N-ethyl adjacent to an activating group) is 1. The Morgan fingerprint density at radius 2 is 1.96 bits per heavy atom. The molecule has 0 saturated heterocycles. The van der Waals surface area contributed by atoms with Gasteiger partial charge in [-0.05, 0) is 51.1 Å². The summed E-state index contributed by atoms with van der Waals surface area (Å²) in [5.41, 5.74) is 1.95. The van der Waals surface area contributed by atoms with E-state index in [1.165, 1.54) is 12.1 Å². The monoisotopic (exact) mass is 329 g/mol. The summed E-state index contributed by atoms with van der Waals surface area (Å²) in [6, 6.07) is 12.8. The topological polar surface area (TPSA) is 30.5 Å². The van der Waals surface area contributed by atoms with Crippen molar-refractivity contribution in [2.75, 3.05) is 20.2 Å². The van der Waals surface area contributed by atoms with Crippen LogP contribution in [0.3, 0.4) is 0 Å². The summed E-state index contributed by atoms with van der Waals surface area (Å²) in [5.74, 6) is 1.64. The maximum atomic E-state index is 13.3. The molecule has 1 heterocycles. The van der Waals surface area contributed by atoms with Crippen LogP contribution in [0.5, 0.6) is 11.5 Å². The molecule has 1 atom stereocenters. The maximum absolute atomic E-state index is 13.3. The summed E-state index contributed by atoms with van der Waals surface area (Å²) in [5, 5.41) is 3.06. The normalized spacial score (nSPS) is 18.6. The third-order valence-electron chi connectivity index (χ3n) is 4.34. The van der Waals surface area contributed by atoms with Gasteiger partial charge in [-0.2, -0.15) is 0 Å². The lowest BCUT2D eigenvalue weighted by atomic mass is 9.80. The van der Waals surface area contributed by atoms with Gasteiger partial charge in [-0.25, -0.2) is 4.39 Å². The first-order chi connectivity index (χ1) is 11.5. The molecule has 0 spiro atoms. The molecule has 128 valence electrons. The highest BCUT2D eigenvalue weighted by Crippen LogP contribution is 2.45. The van der Waals surface area contributed by atoms with Crippen molar-refractivity contribution in [1.29, 1.82) is 0 Å². The molecular formula is C20H24FNO2. The van der Waals surface area contributed by atoms with Crippen LogP contribution in [0.1, 0.15) is 37.3 Å². The van der Waals surface area contributed by atoms with Crippen molar-refractivity contribution in [3.63, 3.8) is 0 Å². The Balaban J connectivity index is 1.92. The quantitative estimate of drug-likeness (QED) is 0.837. The highest BCUT2D eigenvalue weighted by atomic mass is 19.1. The zero-order valence-corrected chi connectivity index (χ0v) is 14.4. The van der Waals surface area contributed by atoms with Crippen molar-refractivity contribution in [2.24, 2.45) is 0 Å². The van der Waals surface area contributed by atoms with E-state index in [9.17, 15) is 4.39 Å². The summed E-state index contributed by atoms with van der Waals surface area (Å²) < 4.78 is 25.2. The van der Waals surface area contributed by atoms with Gasteiger partial charge in [0.1, 0.15) is 29.5 Å². The number of ether oxygens (including phenoxy) is 2. The number of hydrogen-bond donors (Lipinski definition) is 1. The molecule has 0 bridgehead atoms. The summed E-state index contributed by atoms with van der Waals surface area (Å²) >= 11 is 0. The lowest BCUT2D eigenvalue weighted by molar-refractivity contribution is 0.0770. The van der Waals surface area contributed by atoms with E-state index >= 15 is 0 Å². The largest absolute Gasteiger partial charge is 0.492 e. The van der Waals surface area contributed by atoms with Gasteiger partial charge in [-0.15, -0.1) is 0 Å². The zero-order chi connectivity index (χ0) is 17.2. The van der Waals surface area contributed by atoms with Gasteiger partial charge in [0.2, 0.25) is 0 Å². The molecule has 3 nitrogen and oxygen atoms in total. The molecule has 0 fully saturated rings. The standard InChI is InChI=1S/C20H24FNO2/c1-20(2)13-18(14-4-6-15(21)7-5-14)17-9-8-16(12-19(17)24-20)23-11-10-22-3/h4-9,12,18,22H,10-11,13H2,1-3H3. The number of halogens is 1. The van der Waals surface area contributed by atoms with E-state index in [1.807, 2.05) is 31.3 Å². The van der Waals surface area contributed by atoms with Gasteiger partial charge in [0, 0.05) is 24.1 Å². The van der Waals surface area contributed by atoms with Crippen LogP contribution >= 0.6 is 0 Å². The summed E-state index contributed by atoms with van der Waals surface area (Å²) in [4.78, 5) is 0. The minimum Gasteiger partial charge on any atom is -0.492 e. The van der Waals surface area contributed by atoms with E-state index in [2.05, 4.69) is 25.2 Å². The average Bonchev–Trinajstić information content (AvgIpc) is 2.54. The third kappa shape index (κ3) is 3.70. The van der Waals surface area contributed by atoms with Crippen LogP contribution in [0.15, 0.2) is 42.5 Å². The van der Waals surface area contributed by atoms with E-state index < -0.39 is 0 Å². The zero-order valence-electron chi connectivity index (χ0n) is 14.4. The molecule has 2 aromatic rings. The van der Waals surface area contributed by atoms with E-state index in [1.54, 1.807) is 0 Å². The van der Waals surface area contributed by atoms with Gasteiger partial charge < -0.3 is 14.8 Å². The second-order valence-corrected chi connectivity index (χ2v) is 6.82. The van der Waals surface area contributed by atoms with Crippen LogP contribution < -0.4 is 14.8 Å². The number of hydrogen-bond acceptors (Lipinski definition) is 3. The molecule has 2 aromatic carbocycles. The first-order valence-electron chi connectivity index (χ1n) is 8.34. The van der Waals surface area contributed by atoms with Crippen molar-refractivity contribution >= 4 is 0 Å². The molecule has 1 aliphatic rings. The van der Waals surface area contributed by atoms with E-state index in [4.69, 9.17) is 9.47 Å². The smallest absolute Gasteiger partial charge is 0.127 e. The molecule has 0 saturated carbocycles. The molecule has 24 heavy (non-hydrogen) atoms. The van der Waals surface area contributed by atoms with Crippen LogP contribution in [-0.4, -0.2) is 25.8 Å². The Kier molecular flexibility index (Phi) is 4.76. The van der Waals surface area contributed by atoms with Gasteiger partial charge in [-0.1, -0.05) is 18.2 Å². The highest BCUT2D eigenvalue weighted by Gasteiger charge is 2.34. The fraction of sp³-hybridized carbons (Fsp3) is 0.400. The molecule has 0 aliphatic carbocycles. The highest BCUT2D eigenvalue weighted by molar-refractivity contribution is 5.48. The van der Waals surface area contributed by atoms with Gasteiger partial charge in [0.25, 0.3) is 0 Å². The molecule has 4 heteroatoms. The SMILES string of the molecule is CNCCOc1ccc2c(c1)OC(C)(C)CC2c1ccc(F)cc1. The molecule has 0 amide bonds. The van der Waals surface area contributed by atoms with Crippen LogP contribution in [0.4, 0.5) is 4.39 Å². The average molecular weight is 329 g/mol. The Labute approximate surface area is 142 Å². The lowest BCUT2D eigenvalue weighted by Crippen LogP contribution is -2.35. The molecule has 0 aromatic heterocycles. The second-order valence-electron chi connectivity index (χ2n) is 6.82. The van der Waals surface area contributed by atoms with Gasteiger partial charge in [0.15, 0.2) is 0 Å². The molecular weight excluding hydrogens is 305 g/mol. The van der Waals surface area contributed by atoms with Crippen LogP contribution in [0, 0.1) is 5.82 Å². The van der Waals surface area contributed by atoms with Crippen molar-refractivity contribution in [3.8, 4) is 11.5 Å². The Bertz CT molecular complexity index is 697. The fourth-order valence-corrected chi connectivity index (χ4v) is 3.19. The predicted molar refractivity (Wildman–Crippen MR) is 93.4 cm³/mol. The minimum absolute atomic E-state index is 0.190. The van der Waals surface area contributed by atoms with E-state index in [-0.39, 0.29) is 17.3 Å². The Hall–Kier alpha value is -2.07. The number of nitrogens with one attached hydrogen (secondary N) is 1. The summed E-state index contributed by atoms with van der Waals surface area (Å²) in [6.07, 6.45) is 0.853. The maximum Gasteiger partial charge on any atom is 0.127 e. The Morgan fingerprint density at radius 3 is 2.67 bits per heavy atom. The van der Waals surface area contributed by atoms with Gasteiger partial charge >= 0.3 is 0 Å². The van der Waals surface area contributed by atoms with Crippen molar-refractivity contribution in [2.45, 2.75) is 31.8 Å². The molecule has 1 aliphatic heterocycles. The fourth-order valence-electron chi connectivity index (χ4n) is 3.19. The summed E-state index contributed by atoms with van der Waals surface area (Å²) in [6.45, 7) is 5.57. The Morgan fingerprint density at radius 1 is 1.21 bits per heavy atom. The third-order valence-corrected chi connectivity index (χ3v) is 4.34. The van der Waals surface area contributed by atoms with E-state index in [0.717, 1.165) is 35.6 Å². The first-order valence-corrected chi connectivity index (χ1v) is 8.34. The van der Waals surface area contributed by atoms with Crippen molar-refractivity contribution in [3.05, 3.63) is 59.4 Å².